The van der Waals surface area contributed by atoms with Crippen molar-refractivity contribution in [1.29, 1.82) is 0 Å². The summed E-state index contributed by atoms with van der Waals surface area (Å²) in [7, 11) is 0. The van der Waals surface area contributed by atoms with Crippen molar-refractivity contribution in [3.8, 4) is 0 Å². The van der Waals surface area contributed by atoms with Crippen LogP contribution >= 0.6 is 0 Å². The minimum absolute atomic E-state index is 0.350. The molecular formula is C19H38O2. The van der Waals surface area contributed by atoms with Gasteiger partial charge in [0.1, 0.15) is 0 Å². The van der Waals surface area contributed by atoms with Crippen molar-refractivity contribution in [2.75, 3.05) is 0 Å². The molecule has 0 aliphatic rings. The first-order valence-electron chi connectivity index (χ1n) is 9.42. The van der Waals surface area contributed by atoms with Gasteiger partial charge in [0.2, 0.25) is 0 Å². The van der Waals surface area contributed by atoms with Crippen molar-refractivity contribution in [2.24, 2.45) is 5.92 Å². The lowest BCUT2D eigenvalue weighted by Crippen LogP contribution is -2.04. The highest BCUT2D eigenvalue weighted by Gasteiger charge is 2.09. The predicted octanol–water partition coefficient (Wildman–Crippen LogP) is 6.58. The van der Waals surface area contributed by atoms with Gasteiger partial charge < -0.3 is 5.11 Å². The van der Waals surface area contributed by atoms with Gasteiger partial charge in [-0.05, 0) is 12.3 Å². The molecule has 2 heteroatoms. The summed E-state index contributed by atoms with van der Waals surface area (Å²) in [6, 6.07) is 0. The Balaban J connectivity index is 3.38. The van der Waals surface area contributed by atoms with Crippen molar-refractivity contribution in [1.82, 2.24) is 0 Å². The van der Waals surface area contributed by atoms with Crippen LogP contribution in [0.25, 0.3) is 0 Å². The molecule has 0 aromatic heterocycles. The number of rotatable bonds is 16. The summed E-state index contributed by atoms with van der Waals surface area (Å²) in [4.78, 5) is 10.7. The van der Waals surface area contributed by atoms with Gasteiger partial charge in [-0.25, -0.2) is 0 Å². The third-order valence-electron chi connectivity index (χ3n) is 4.43. The van der Waals surface area contributed by atoms with E-state index in [1.165, 1.54) is 83.5 Å². The summed E-state index contributed by atoms with van der Waals surface area (Å²) in [5, 5.41) is 8.78. The first kappa shape index (κ1) is 20.5. The van der Waals surface area contributed by atoms with Crippen LogP contribution in [0.5, 0.6) is 0 Å². The highest BCUT2D eigenvalue weighted by Crippen LogP contribution is 2.21. The van der Waals surface area contributed by atoms with Crippen LogP contribution in [0.4, 0.5) is 0 Å². The second-order valence-electron chi connectivity index (χ2n) is 6.56. The molecule has 0 aromatic rings. The average Bonchev–Trinajstić information content (AvgIpc) is 2.46. The smallest absolute Gasteiger partial charge is 0.303 e. The maximum Gasteiger partial charge on any atom is 0.303 e. The summed E-state index contributed by atoms with van der Waals surface area (Å²) >= 11 is 0. The van der Waals surface area contributed by atoms with Crippen LogP contribution in [0.15, 0.2) is 0 Å². The number of carboxylic acid groups (broad SMARTS) is 1. The molecule has 0 aliphatic carbocycles. The lowest BCUT2D eigenvalue weighted by Gasteiger charge is -2.14. The van der Waals surface area contributed by atoms with E-state index >= 15 is 0 Å². The highest BCUT2D eigenvalue weighted by atomic mass is 16.4. The largest absolute Gasteiger partial charge is 0.481 e. The molecule has 0 bridgehead atoms. The van der Waals surface area contributed by atoms with E-state index in [4.69, 9.17) is 5.11 Å². The van der Waals surface area contributed by atoms with Gasteiger partial charge in [-0.1, -0.05) is 97.3 Å². The summed E-state index contributed by atoms with van der Waals surface area (Å²) in [5.41, 5.74) is 0. The Labute approximate surface area is 132 Å². The Bertz CT molecular complexity index is 226. The van der Waals surface area contributed by atoms with Crippen molar-refractivity contribution in [3.63, 3.8) is 0 Å². The topological polar surface area (TPSA) is 37.3 Å². The van der Waals surface area contributed by atoms with Crippen molar-refractivity contribution < 1.29 is 9.90 Å². The van der Waals surface area contributed by atoms with Gasteiger partial charge in [-0.15, -0.1) is 0 Å². The fourth-order valence-electron chi connectivity index (χ4n) is 3.09. The zero-order valence-electron chi connectivity index (χ0n) is 14.5. The summed E-state index contributed by atoms with van der Waals surface area (Å²) in [5.74, 6) is -0.000630. The number of hydrogen-bond acceptors (Lipinski definition) is 1. The van der Waals surface area contributed by atoms with Gasteiger partial charge in [-0.3, -0.25) is 4.79 Å². The van der Waals surface area contributed by atoms with Crippen LogP contribution in [-0.2, 0) is 4.79 Å². The molecule has 0 spiro atoms. The maximum absolute atomic E-state index is 10.7. The third-order valence-corrected chi connectivity index (χ3v) is 4.43. The van der Waals surface area contributed by atoms with E-state index in [0.29, 0.717) is 12.3 Å². The zero-order valence-corrected chi connectivity index (χ0v) is 14.5. The van der Waals surface area contributed by atoms with Crippen molar-refractivity contribution >= 4 is 5.97 Å². The number of hydrogen-bond donors (Lipinski definition) is 1. The molecule has 1 N–H and O–H groups in total. The van der Waals surface area contributed by atoms with Crippen LogP contribution in [-0.4, -0.2) is 11.1 Å². The minimum Gasteiger partial charge on any atom is -0.481 e. The first-order chi connectivity index (χ1) is 10.2. The lowest BCUT2D eigenvalue weighted by atomic mass is 9.92. The summed E-state index contributed by atoms with van der Waals surface area (Å²) in [6.45, 7) is 4.47. The summed E-state index contributed by atoms with van der Waals surface area (Å²) < 4.78 is 0. The quantitative estimate of drug-likeness (QED) is 0.327. The van der Waals surface area contributed by atoms with Crippen molar-refractivity contribution in [3.05, 3.63) is 0 Å². The number of carboxylic acids is 1. The fourth-order valence-corrected chi connectivity index (χ4v) is 3.09. The lowest BCUT2D eigenvalue weighted by molar-refractivity contribution is -0.137. The van der Waals surface area contributed by atoms with Crippen LogP contribution in [0.3, 0.4) is 0 Å². The molecule has 0 saturated carbocycles. The van der Waals surface area contributed by atoms with E-state index in [9.17, 15) is 4.79 Å². The van der Waals surface area contributed by atoms with Gasteiger partial charge in [0, 0.05) is 6.42 Å². The van der Waals surface area contributed by atoms with Crippen LogP contribution in [0.1, 0.15) is 110 Å². The molecule has 2 nitrogen and oxygen atoms in total. The van der Waals surface area contributed by atoms with Gasteiger partial charge in [0.15, 0.2) is 0 Å². The van der Waals surface area contributed by atoms with Gasteiger partial charge in [-0.2, -0.15) is 0 Å². The Kier molecular flexibility index (Phi) is 15.5. The number of aliphatic carboxylic acids is 1. The van der Waals surface area contributed by atoms with Crippen molar-refractivity contribution in [2.45, 2.75) is 110 Å². The molecule has 0 saturated heterocycles. The number of carbonyl (C=O) groups is 1. The molecule has 1 atom stereocenters. The summed E-state index contributed by atoms with van der Waals surface area (Å²) in [6.07, 6.45) is 18.6. The molecule has 1 unspecified atom stereocenters. The molecular weight excluding hydrogens is 260 g/mol. The molecule has 0 radical (unpaired) electrons. The van der Waals surface area contributed by atoms with Crippen LogP contribution < -0.4 is 0 Å². The molecule has 0 heterocycles. The number of unbranched alkanes of at least 4 members (excludes halogenated alkanes) is 9. The second kappa shape index (κ2) is 15.9. The maximum atomic E-state index is 10.7. The fraction of sp³-hybridized carbons (Fsp3) is 0.947. The first-order valence-corrected chi connectivity index (χ1v) is 9.42. The molecule has 0 aliphatic heterocycles. The van der Waals surface area contributed by atoms with E-state index in [0.717, 1.165) is 6.42 Å². The monoisotopic (exact) mass is 298 g/mol. The predicted molar refractivity (Wildman–Crippen MR) is 91.7 cm³/mol. The normalized spacial score (nSPS) is 12.5. The van der Waals surface area contributed by atoms with Crippen LogP contribution in [0.2, 0.25) is 0 Å². The SMILES string of the molecule is CCCCCCCCCCCCC(CCC)CCC(=O)O. The van der Waals surface area contributed by atoms with Gasteiger partial charge in [0.25, 0.3) is 0 Å². The second-order valence-corrected chi connectivity index (χ2v) is 6.56. The molecule has 0 rings (SSSR count). The van der Waals surface area contributed by atoms with Gasteiger partial charge in [0.05, 0.1) is 0 Å². The Morgan fingerprint density at radius 1 is 0.714 bits per heavy atom. The molecule has 0 aromatic carbocycles. The van der Waals surface area contributed by atoms with Crippen LogP contribution in [0, 0.1) is 5.92 Å². The molecule has 0 fully saturated rings. The Morgan fingerprint density at radius 3 is 1.71 bits per heavy atom. The van der Waals surface area contributed by atoms with E-state index < -0.39 is 5.97 Å². The molecule has 21 heavy (non-hydrogen) atoms. The Hall–Kier alpha value is -0.530. The average molecular weight is 299 g/mol. The highest BCUT2D eigenvalue weighted by molar-refractivity contribution is 5.66. The zero-order chi connectivity index (χ0) is 15.8. The van der Waals surface area contributed by atoms with E-state index in [1.807, 2.05) is 0 Å². The molecule has 126 valence electrons. The van der Waals surface area contributed by atoms with E-state index in [1.54, 1.807) is 0 Å². The van der Waals surface area contributed by atoms with E-state index in [-0.39, 0.29) is 0 Å². The molecule has 0 amide bonds. The van der Waals surface area contributed by atoms with Gasteiger partial charge >= 0.3 is 5.97 Å². The third kappa shape index (κ3) is 15.7. The standard InChI is InChI=1S/C19H38O2/c1-3-5-6-7-8-9-10-11-12-13-15-18(14-4-2)16-17-19(20)21/h18H,3-17H2,1-2H3,(H,20,21). The minimum atomic E-state index is -0.640. The Morgan fingerprint density at radius 2 is 1.24 bits per heavy atom. The van der Waals surface area contributed by atoms with E-state index in [2.05, 4.69) is 13.8 Å².